The number of rotatable bonds is 3. The number of hydrogen-bond acceptors (Lipinski definition) is 2. The van der Waals surface area contributed by atoms with E-state index in [9.17, 15) is 4.79 Å². The number of halogens is 2. The average Bonchev–Trinajstić information content (AvgIpc) is 2.69. The highest BCUT2D eigenvalue weighted by atomic mass is 79.9. The molecule has 0 atom stereocenters. The van der Waals surface area contributed by atoms with Gasteiger partial charge in [0.1, 0.15) is 0 Å². The third-order valence-corrected chi connectivity index (χ3v) is 4.74. The molecule has 1 amide bonds. The molecule has 2 rings (SSSR count). The van der Waals surface area contributed by atoms with E-state index >= 15 is 0 Å². The van der Waals surface area contributed by atoms with Crippen LogP contribution in [0.4, 0.5) is 5.69 Å². The molecule has 104 valence electrons. The first-order valence-corrected chi connectivity index (χ1v) is 7.81. The molecule has 1 saturated heterocycles. The van der Waals surface area contributed by atoms with Crippen LogP contribution >= 0.6 is 27.5 Å². The van der Waals surface area contributed by atoms with Gasteiger partial charge in [-0.3, -0.25) is 4.79 Å². The second-order valence-electron chi connectivity index (χ2n) is 4.75. The van der Waals surface area contributed by atoms with Gasteiger partial charge in [-0.05, 0) is 40.9 Å². The van der Waals surface area contributed by atoms with E-state index in [2.05, 4.69) is 21.2 Å². The van der Waals surface area contributed by atoms with Crippen LogP contribution in [0.25, 0.3) is 0 Å². The van der Waals surface area contributed by atoms with Gasteiger partial charge in [-0.1, -0.05) is 30.5 Å². The Morgan fingerprint density at radius 3 is 2.63 bits per heavy atom. The van der Waals surface area contributed by atoms with E-state index in [-0.39, 0.29) is 5.91 Å². The molecule has 1 fully saturated rings. The fourth-order valence-corrected chi connectivity index (χ4v) is 2.82. The molecule has 0 saturated carbocycles. The van der Waals surface area contributed by atoms with Crippen molar-refractivity contribution in [2.45, 2.75) is 25.7 Å². The predicted octanol–water partition coefficient (Wildman–Crippen LogP) is 3.92. The Balaban J connectivity index is 1.90. The molecule has 0 unspecified atom stereocenters. The van der Waals surface area contributed by atoms with Gasteiger partial charge in [-0.15, -0.1) is 0 Å². The highest BCUT2D eigenvalue weighted by molar-refractivity contribution is 9.10. The lowest BCUT2D eigenvalue weighted by Crippen LogP contribution is -2.36. The topological polar surface area (TPSA) is 32.3 Å². The molecule has 0 spiro atoms. The van der Waals surface area contributed by atoms with E-state index in [0.29, 0.717) is 11.6 Å². The van der Waals surface area contributed by atoms with Gasteiger partial charge in [0.25, 0.3) is 0 Å². The SMILES string of the molecule is O=C(CNc1cccc(Cl)c1Br)N1CCCCCC1. The summed E-state index contributed by atoms with van der Waals surface area (Å²) >= 11 is 9.44. The Morgan fingerprint density at radius 1 is 1.26 bits per heavy atom. The molecule has 0 bridgehead atoms. The summed E-state index contributed by atoms with van der Waals surface area (Å²) in [5.74, 6) is 0.161. The molecule has 19 heavy (non-hydrogen) atoms. The quantitative estimate of drug-likeness (QED) is 0.900. The number of carbonyl (C=O) groups is 1. The number of likely N-dealkylation sites (tertiary alicyclic amines) is 1. The number of carbonyl (C=O) groups excluding carboxylic acids is 1. The normalized spacial score (nSPS) is 16.0. The first-order chi connectivity index (χ1) is 9.18. The Morgan fingerprint density at radius 2 is 1.95 bits per heavy atom. The zero-order chi connectivity index (χ0) is 13.7. The van der Waals surface area contributed by atoms with Gasteiger partial charge >= 0.3 is 0 Å². The highest BCUT2D eigenvalue weighted by Crippen LogP contribution is 2.29. The van der Waals surface area contributed by atoms with Gasteiger partial charge in [-0.25, -0.2) is 0 Å². The molecule has 1 aliphatic heterocycles. The van der Waals surface area contributed by atoms with Crippen LogP contribution in [0.3, 0.4) is 0 Å². The predicted molar refractivity (Wildman–Crippen MR) is 82.7 cm³/mol. The maximum atomic E-state index is 12.1. The molecule has 0 aromatic heterocycles. The van der Waals surface area contributed by atoms with Gasteiger partial charge in [0.05, 0.1) is 21.7 Å². The fraction of sp³-hybridized carbons (Fsp3) is 0.500. The van der Waals surface area contributed by atoms with Crippen molar-refractivity contribution in [2.75, 3.05) is 25.0 Å². The molecule has 1 aromatic carbocycles. The van der Waals surface area contributed by atoms with Crippen molar-refractivity contribution >= 4 is 39.1 Å². The Bertz CT molecular complexity index is 445. The molecule has 5 heteroatoms. The van der Waals surface area contributed by atoms with Crippen LogP contribution < -0.4 is 5.32 Å². The lowest BCUT2D eigenvalue weighted by molar-refractivity contribution is -0.129. The average molecular weight is 346 g/mol. The number of hydrogen-bond donors (Lipinski definition) is 1. The minimum atomic E-state index is 0.161. The molecule has 1 aromatic rings. The van der Waals surface area contributed by atoms with Crippen molar-refractivity contribution in [3.8, 4) is 0 Å². The molecule has 0 aliphatic carbocycles. The van der Waals surface area contributed by atoms with E-state index in [4.69, 9.17) is 11.6 Å². The first kappa shape index (κ1) is 14.7. The van der Waals surface area contributed by atoms with Crippen molar-refractivity contribution in [3.05, 3.63) is 27.7 Å². The zero-order valence-corrected chi connectivity index (χ0v) is 13.1. The maximum absolute atomic E-state index is 12.1. The molecule has 3 nitrogen and oxygen atoms in total. The van der Waals surface area contributed by atoms with Crippen molar-refractivity contribution < 1.29 is 4.79 Å². The van der Waals surface area contributed by atoms with Crippen molar-refractivity contribution in [1.82, 2.24) is 4.90 Å². The van der Waals surface area contributed by atoms with Crippen LogP contribution in [0.1, 0.15) is 25.7 Å². The molecular formula is C14H18BrClN2O. The van der Waals surface area contributed by atoms with Crippen molar-refractivity contribution in [2.24, 2.45) is 0 Å². The van der Waals surface area contributed by atoms with E-state index in [1.807, 2.05) is 23.1 Å². The van der Waals surface area contributed by atoms with Gasteiger partial charge in [0.2, 0.25) is 5.91 Å². The first-order valence-electron chi connectivity index (χ1n) is 6.64. The van der Waals surface area contributed by atoms with Crippen LogP contribution in [-0.2, 0) is 4.79 Å². The Kier molecular flexibility index (Phi) is 5.52. The van der Waals surface area contributed by atoms with Gasteiger partial charge < -0.3 is 10.2 Å². The third-order valence-electron chi connectivity index (χ3n) is 3.34. The third kappa shape index (κ3) is 4.11. The largest absolute Gasteiger partial charge is 0.375 e. The molecule has 1 N–H and O–H groups in total. The second kappa shape index (κ2) is 7.15. The highest BCUT2D eigenvalue weighted by Gasteiger charge is 2.15. The summed E-state index contributed by atoms with van der Waals surface area (Å²) in [5.41, 5.74) is 0.857. The number of amides is 1. The van der Waals surface area contributed by atoms with Crippen LogP contribution in [0, 0.1) is 0 Å². The van der Waals surface area contributed by atoms with Crippen molar-refractivity contribution in [3.63, 3.8) is 0 Å². The summed E-state index contributed by atoms with van der Waals surface area (Å²) < 4.78 is 0.806. The van der Waals surface area contributed by atoms with E-state index in [1.54, 1.807) is 0 Å². The summed E-state index contributed by atoms with van der Waals surface area (Å²) in [6.07, 6.45) is 4.70. The Hall–Kier alpha value is -0.740. The Labute approximate surface area is 127 Å². The summed E-state index contributed by atoms with van der Waals surface area (Å²) in [4.78, 5) is 14.1. The van der Waals surface area contributed by atoms with E-state index in [0.717, 1.165) is 36.1 Å². The van der Waals surface area contributed by atoms with Crippen LogP contribution in [0.15, 0.2) is 22.7 Å². The van der Waals surface area contributed by atoms with Crippen LogP contribution in [-0.4, -0.2) is 30.4 Å². The number of nitrogens with one attached hydrogen (secondary N) is 1. The number of benzene rings is 1. The van der Waals surface area contributed by atoms with Gasteiger partial charge in [0.15, 0.2) is 0 Å². The fourth-order valence-electron chi connectivity index (χ4n) is 2.24. The van der Waals surface area contributed by atoms with Crippen LogP contribution in [0.5, 0.6) is 0 Å². The summed E-state index contributed by atoms with van der Waals surface area (Å²) in [6.45, 7) is 2.09. The second-order valence-corrected chi connectivity index (χ2v) is 5.95. The lowest BCUT2D eigenvalue weighted by atomic mass is 10.2. The van der Waals surface area contributed by atoms with E-state index < -0.39 is 0 Å². The monoisotopic (exact) mass is 344 g/mol. The summed E-state index contributed by atoms with van der Waals surface area (Å²) in [5, 5.41) is 3.79. The smallest absolute Gasteiger partial charge is 0.241 e. The van der Waals surface area contributed by atoms with Gasteiger partial charge in [0, 0.05) is 13.1 Å². The number of nitrogens with zero attached hydrogens (tertiary/aromatic N) is 1. The molecule has 1 aliphatic rings. The number of anilines is 1. The lowest BCUT2D eigenvalue weighted by Gasteiger charge is -2.21. The standard InChI is InChI=1S/C14H18BrClN2O/c15-14-11(16)6-5-7-12(14)17-10-13(19)18-8-3-1-2-4-9-18/h5-7,17H,1-4,8-10H2. The van der Waals surface area contributed by atoms with Crippen molar-refractivity contribution in [1.29, 1.82) is 0 Å². The summed E-state index contributed by atoms with van der Waals surface area (Å²) in [7, 11) is 0. The maximum Gasteiger partial charge on any atom is 0.241 e. The summed E-state index contributed by atoms with van der Waals surface area (Å²) in [6, 6.07) is 5.59. The minimum absolute atomic E-state index is 0.161. The molecular weight excluding hydrogens is 328 g/mol. The zero-order valence-electron chi connectivity index (χ0n) is 10.8. The minimum Gasteiger partial charge on any atom is -0.375 e. The van der Waals surface area contributed by atoms with E-state index in [1.165, 1.54) is 12.8 Å². The molecule has 0 radical (unpaired) electrons. The van der Waals surface area contributed by atoms with Gasteiger partial charge in [-0.2, -0.15) is 0 Å². The molecule has 1 heterocycles. The van der Waals surface area contributed by atoms with Crippen LogP contribution in [0.2, 0.25) is 5.02 Å².